The van der Waals surface area contributed by atoms with Crippen LogP contribution in [-0.4, -0.2) is 27.8 Å². The Morgan fingerprint density at radius 2 is 2.07 bits per heavy atom. The summed E-state index contributed by atoms with van der Waals surface area (Å²) >= 11 is 0. The molecule has 0 radical (unpaired) electrons. The molecule has 0 aromatic carbocycles. The number of hydrogen-bond donors (Lipinski definition) is 0. The normalized spacial score (nSPS) is 11.5. The minimum atomic E-state index is -0.318. The molecular weight excluding hydrogens is 194 g/mol. The Balaban J connectivity index is 2.91. The summed E-state index contributed by atoms with van der Waals surface area (Å²) in [6, 6.07) is 0. The predicted molar refractivity (Wildman–Crippen MR) is 55.4 cm³/mol. The molecular formula is C10H17N3O2. The lowest BCUT2D eigenvalue weighted by molar-refractivity contribution is -0.139. The maximum Gasteiger partial charge on any atom is 0.313 e. The van der Waals surface area contributed by atoms with Crippen LogP contribution >= 0.6 is 0 Å². The van der Waals surface area contributed by atoms with Gasteiger partial charge in [-0.3, -0.25) is 9.48 Å². The molecule has 0 amide bonds. The Bertz CT molecular complexity index is 363. The Morgan fingerprint density at radius 1 is 1.47 bits per heavy atom. The number of methoxy groups -OCH3 is 1. The van der Waals surface area contributed by atoms with Crippen molar-refractivity contribution in [3.63, 3.8) is 0 Å². The second-order valence-corrected chi connectivity index (χ2v) is 4.48. The van der Waals surface area contributed by atoms with Crippen LogP contribution in [0.25, 0.3) is 0 Å². The molecule has 0 spiro atoms. The third-order valence-electron chi connectivity index (χ3n) is 2.01. The van der Waals surface area contributed by atoms with Crippen LogP contribution in [0.2, 0.25) is 0 Å². The topological polar surface area (TPSA) is 57.0 Å². The summed E-state index contributed by atoms with van der Waals surface area (Å²) in [6.45, 7) is 6.16. The van der Waals surface area contributed by atoms with E-state index < -0.39 is 0 Å². The van der Waals surface area contributed by atoms with E-state index >= 15 is 0 Å². The van der Waals surface area contributed by atoms with Gasteiger partial charge in [-0.1, -0.05) is 20.8 Å². The highest BCUT2D eigenvalue weighted by atomic mass is 16.5. The van der Waals surface area contributed by atoms with E-state index in [2.05, 4.69) is 35.6 Å². The molecule has 0 fully saturated rings. The van der Waals surface area contributed by atoms with Gasteiger partial charge in [0, 0.05) is 12.5 Å². The molecule has 0 aliphatic rings. The van der Waals surface area contributed by atoms with Gasteiger partial charge in [-0.25, -0.2) is 4.98 Å². The number of aryl methyl sites for hydroxylation is 1. The number of ether oxygens (including phenoxy) is 1. The fraction of sp³-hybridized carbons (Fsp3) is 0.700. The Kier molecular flexibility index (Phi) is 3.12. The maximum atomic E-state index is 11.0. The standard InChI is InChI=1S/C10H17N3O2/c1-10(2,3)9-11-7(12-13(9)4)6-8(14)15-5/h6H2,1-5H3. The summed E-state index contributed by atoms with van der Waals surface area (Å²) in [5.41, 5.74) is -0.0733. The molecule has 0 atom stereocenters. The zero-order chi connectivity index (χ0) is 11.6. The summed E-state index contributed by atoms with van der Waals surface area (Å²) in [5, 5.41) is 4.17. The quantitative estimate of drug-likeness (QED) is 0.680. The number of carbonyl (C=O) groups excluding carboxylic acids is 1. The van der Waals surface area contributed by atoms with E-state index in [-0.39, 0.29) is 17.8 Å². The van der Waals surface area contributed by atoms with E-state index in [0.717, 1.165) is 5.82 Å². The zero-order valence-corrected chi connectivity index (χ0v) is 9.87. The summed E-state index contributed by atoms with van der Waals surface area (Å²) in [5.74, 6) is 1.05. The molecule has 0 N–H and O–H groups in total. The van der Waals surface area contributed by atoms with Gasteiger partial charge in [0.25, 0.3) is 0 Å². The van der Waals surface area contributed by atoms with Crippen molar-refractivity contribution in [2.75, 3.05) is 7.11 Å². The van der Waals surface area contributed by atoms with E-state index in [4.69, 9.17) is 0 Å². The smallest absolute Gasteiger partial charge is 0.313 e. The number of rotatable bonds is 2. The van der Waals surface area contributed by atoms with Gasteiger partial charge in [0.2, 0.25) is 0 Å². The third kappa shape index (κ3) is 2.78. The summed E-state index contributed by atoms with van der Waals surface area (Å²) in [4.78, 5) is 15.4. The van der Waals surface area contributed by atoms with Crippen molar-refractivity contribution in [3.8, 4) is 0 Å². The molecule has 1 aromatic rings. The molecule has 5 heteroatoms. The lowest BCUT2D eigenvalue weighted by Crippen LogP contribution is -2.17. The maximum absolute atomic E-state index is 11.0. The first kappa shape index (κ1) is 11.7. The average molecular weight is 211 g/mol. The zero-order valence-electron chi connectivity index (χ0n) is 9.87. The fourth-order valence-corrected chi connectivity index (χ4v) is 1.37. The average Bonchev–Trinajstić information content (AvgIpc) is 2.45. The van der Waals surface area contributed by atoms with Crippen molar-refractivity contribution in [3.05, 3.63) is 11.6 Å². The summed E-state index contributed by atoms with van der Waals surface area (Å²) in [6.07, 6.45) is 0.125. The molecule has 1 heterocycles. The van der Waals surface area contributed by atoms with E-state index in [1.165, 1.54) is 7.11 Å². The molecule has 0 aliphatic carbocycles. The first-order valence-corrected chi connectivity index (χ1v) is 4.82. The molecule has 84 valence electrons. The van der Waals surface area contributed by atoms with Crippen molar-refractivity contribution in [1.29, 1.82) is 0 Å². The van der Waals surface area contributed by atoms with Crippen LogP contribution in [0, 0.1) is 0 Å². The molecule has 1 rings (SSSR count). The molecule has 0 unspecified atom stereocenters. The molecule has 1 aromatic heterocycles. The summed E-state index contributed by atoms with van der Waals surface area (Å²) < 4.78 is 6.27. The highest BCUT2D eigenvalue weighted by Crippen LogP contribution is 2.19. The molecule has 0 aliphatic heterocycles. The second kappa shape index (κ2) is 4.00. The van der Waals surface area contributed by atoms with Gasteiger partial charge >= 0.3 is 5.97 Å². The largest absolute Gasteiger partial charge is 0.469 e. The van der Waals surface area contributed by atoms with Gasteiger partial charge in [0.15, 0.2) is 5.82 Å². The molecule has 0 saturated carbocycles. The van der Waals surface area contributed by atoms with E-state index in [1.807, 2.05) is 7.05 Å². The molecule has 5 nitrogen and oxygen atoms in total. The number of carbonyl (C=O) groups is 1. The Hall–Kier alpha value is -1.39. The fourth-order valence-electron chi connectivity index (χ4n) is 1.37. The van der Waals surface area contributed by atoms with Crippen molar-refractivity contribution < 1.29 is 9.53 Å². The minimum absolute atomic E-state index is 0.0733. The lowest BCUT2D eigenvalue weighted by atomic mass is 9.96. The van der Waals surface area contributed by atoms with Crippen molar-refractivity contribution in [2.24, 2.45) is 7.05 Å². The monoisotopic (exact) mass is 211 g/mol. The van der Waals surface area contributed by atoms with Crippen molar-refractivity contribution in [2.45, 2.75) is 32.6 Å². The first-order chi connectivity index (χ1) is 6.84. The van der Waals surface area contributed by atoms with Crippen LogP contribution in [0.4, 0.5) is 0 Å². The Morgan fingerprint density at radius 3 is 2.47 bits per heavy atom. The summed E-state index contributed by atoms with van der Waals surface area (Å²) in [7, 11) is 3.18. The van der Waals surface area contributed by atoms with Crippen LogP contribution in [0.3, 0.4) is 0 Å². The number of hydrogen-bond acceptors (Lipinski definition) is 4. The Labute approximate surface area is 89.5 Å². The van der Waals surface area contributed by atoms with E-state index in [0.29, 0.717) is 5.82 Å². The molecule has 0 bridgehead atoms. The minimum Gasteiger partial charge on any atom is -0.469 e. The molecule has 15 heavy (non-hydrogen) atoms. The predicted octanol–water partition coefficient (Wildman–Crippen LogP) is 0.828. The lowest BCUT2D eigenvalue weighted by Gasteiger charge is -2.15. The van der Waals surface area contributed by atoms with Gasteiger partial charge in [0.1, 0.15) is 12.2 Å². The van der Waals surface area contributed by atoms with Gasteiger partial charge in [-0.05, 0) is 0 Å². The van der Waals surface area contributed by atoms with Crippen LogP contribution in [0.15, 0.2) is 0 Å². The van der Waals surface area contributed by atoms with Crippen LogP contribution in [0.1, 0.15) is 32.4 Å². The second-order valence-electron chi connectivity index (χ2n) is 4.48. The number of esters is 1. The first-order valence-electron chi connectivity index (χ1n) is 4.82. The molecule has 0 saturated heterocycles. The van der Waals surface area contributed by atoms with Gasteiger partial charge in [-0.15, -0.1) is 0 Å². The SMILES string of the molecule is COC(=O)Cc1nc(C(C)(C)C)n(C)n1. The van der Waals surface area contributed by atoms with Gasteiger partial charge < -0.3 is 4.74 Å². The van der Waals surface area contributed by atoms with Gasteiger partial charge in [-0.2, -0.15) is 5.10 Å². The highest BCUT2D eigenvalue weighted by molar-refractivity contribution is 5.71. The van der Waals surface area contributed by atoms with E-state index in [9.17, 15) is 4.79 Å². The van der Waals surface area contributed by atoms with Crippen LogP contribution < -0.4 is 0 Å². The van der Waals surface area contributed by atoms with Crippen LogP contribution in [-0.2, 0) is 28.4 Å². The number of nitrogens with zero attached hydrogens (tertiary/aromatic N) is 3. The van der Waals surface area contributed by atoms with Gasteiger partial charge in [0.05, 0.1) is 7.11 Å². The highest BCUT2D eigenvalue weighted by Gasteiger charge is 2.22. The van der Waals surface area contributed by atoms with E-state index in [1.54, 1.807) is 4.68 Å². The van der Waals surface area contributed by atoms with Crippen molar-refractivity contribution >= 4 is 5.97 Å². The third-order valence-corrected chi connectivity index (χ3v) is 2.01. The van der Waals surface area contributed by atoms with Crippen molar-refractivity contribution in [1.82, 2.24) is 14.8 Å². The van der Waals surface area contributed by atoms with Crippen LogP contribution in [0.5, 0.6) is 0 Å². The number of aromatic nitrogens is 3.